The third-order valence-corrected chi connectivity index (χ3v) is 2.45. The molecular weight excluding hydrogens is 235 g/mol. The van der Waals surface area contributed by atoms with Crippen LogP contribution in [0.25, 0.3) is 0 Å². The van der Waals surface area contributed by atoms with Crippen LogP contribution in [0.15, 0.2) is 30.3 Å². The summed E-state index contributed by atoms with van der Waals surface area (Å²) in [6.45, 7) is 0. The summed E-state index contributed by atoms with van der Waals surface area (Å²) in [5.41, 5.74) is 0.721. The molecule has 5 heteroatoms. The summed E-state index contributed by atoms with van der Waals surface area (Å²) in [5.74, 6) is -0.0582. The van der Waals surface area contributed by atoms with Gasteiger partial charge in [0.15, 0.2) is 11.7 Å². The number of carbonyl (C=O) groups is 1. The Hall–Kier alpha value is -1.06. The molecule has 15 heavy (non-hydrogen) atoms. The molecule has 1 aromatic rings. The predicted molar refractivity (Wildman–Crippen MR) is 54.1 cm³/mol. The fourth-order valence-electron chi connectivity index (χ4n) is 1.24. The maximum absolute atomic E-state index is 11.0. The van der Waals surface area contributed by atoms with Gasteiger partial charge in [-0.3, -0.25) is 4.79 Å². The van der Waals surface area contributed by atoms with Crippen molar-refractivity contribution in [1.82, 2.24) is 5.32 Å². The molecule has 1 heterocycles. The lowest BCUT2D eigenvalue weighted by molar-refractivity contribution is -0.491. The summed E-state index contributed by atoms with van der Waals surface area (Å²) in [4.78, 5) is 14.0. The van der Waals surface area contributed by atoms with Crippen molar-refractivity contribution in [2.75, 3.05) is 0 Å². The van der Waals surface area contributed by atoms with E-state index in [4.69, 9.17) is 11.6 Å². The van der Waals surface area contributed by atoms with Crippen LogP contribution in [-0.4, -0.2) is 23.7 Å². The molecule has 1 amide bonds. The molecule has 0 radical (unpaired) electrons. The SMILES string of the molecule is O=C1N[C@@H](Cl)[C@@H]1[NH+]=Cc1ccccc1.[Cl-]. The monoisotopic (exact) mass is 244 g/mol. The Balaban J connectivity index is 0.00000112. The van der Waals surface area contributed by atoms with E-state index in [-0.39, 0.29) is 29.9 Å². The zero-order valence-corrected chi connectivity index (χ0v) is 9.29. The Kier molecular flexibility index (Phi) is 4.12. The summed E-state index contributed by atoms with van der Waals surface area (Å²) < 4.78 is 0. The van der Waals surface area contributed by atoms with Gasteiger partial charge in [0.1, 0.15) is 0 Å². The van der Waals surface area contributed by atoms with E-state index in [1.165, 1.54) is 0 Å². The van der Waals surface area contributed by atoms with E-state index in [1.54, 1.807) is 6.21 Å². The van der Waals surface area contributed by atoms with Crippen LogP contribution in [0.5, 0.6) is 0 Å². The first-order valence-electron chi connectivity index (χ1n) is 4.36. The molecule has 1 fully saturated rings. The van der Waals surface area contributed by atoms with Gasteiger partial charge in [0.25, 0.3) is 11.9 Å². The molecule has 80 valence electrons. The molecule has 1 aliphatic heterocycles. The number of alkyl halides is 1. The van der Waals surface area contributed by atoms with Crippen molar-refractivity contribution in [3.8, 4) is 0 Å². The lowest BCUT2D eigenvalue weighted by atomic mass is 10.1. The van der Waals surface area contributed by atoms with Crippen molar-refractivity contribution >= 4 is 23.7 Å². The molecule has 0 spiro atoms. The van der Waals surface area contributed by atoms with Gasteiger partial charge in [-0.2, -0.15) is 0 Å². The van der Waals surface area contributed by atoms with Crippen molar-refractivity contribution in [2.24, 2.45) is 0 Å². The fraction of sp³-hybridized carbons (Fsp3) is 0.200. The quantitative estimate of drug-likeness (QED) is 0.239. The van der Waals surface area contributed by atoms with Crippen molar-refractivity contribution in [2.45, 2.75) is 11.5 Å². The zero-order valence-electron chi connectivity index (χ0n) is 7.78. The second kappa shape index (κ2) is 5.14. The topological polar surface area (TPSA) is 43.1 Å². The second-order valence-electron chi connectivity index (χ2n) is 3.11. The van der Waals surface area contributed by atoms with Gasteiger partial charge in [0.05, 0.1) is 0 Å². The third-order valence-electron chi connectivity index (χ3n) is 2.08. The summed E-state index contributed by atoms with van der Waals surface area (Å²) in [6.07, 6.45) is 1.79. The smallest absolute Gasteiger partial charge is 0.293 e. The first-order valence-corrected chi connectivity index (χ1v) is 4.80. The molecule has 0 aliphatic carbocycles. The number of hydrogen-bond donors (Lipinski definition) is 2. The highest BCUT2D eigenvalue weighted by Gasteiger charge is 2.42. The number of hydrogen-bond acceptors (Lipinski definition) is 1. The lowest BCUT2D eigenvalue weighted by Crippen LogP contribution is -3.00. The Morgan fingerprint density at radius 1 is 1.33 bits per heavy atom. The second-order valence-corrected chi connectivity index (χ2v) is 3.58. The van der Waals surface area contributed by atoms with Crippen molar-refractivity contribution in [3.63, 3.8) is 0 Å². The first-order chi connectivity index (χ1) is 6.77. The lowest BCUT2D eigenvalue weighted by Gasteiger charge is -2.23. The molecule has 1 saturated heterocycles. The number of benzene rings is 1. The van der Waals surface area contributed by atoms with E-state index in [1.807, 2.05) is 30.3 Å². The van der Waals surface area contributed by atoms with Crippen molar-refractivity contribution < 1.29 is 22.2 Å². The van der Waals surface area contributed by atoms with Gasteiger partial charge >= 0.3 is 0 Å². The van der Waals surface area contributed by atoms with Gasteiger partial charge in [-0.05, 0) is 12.1 Å². The minimum Gasteiger partial charge on any atom is -1.00 e. The molecule has 0 bridgehead atoms. The maximum atomic E-state index is 11.0. The predicted octanol–water partition coefficient (Wildman–Crippen LogP) is -3.75. The summed E-state index contributed by atoms with van der Waals surface area (Å²) >= 11 is 5.76. The maximum Gasteiger partial charge on any atom is 0.293 e. The fourth-order valence-corrected chi connectivity index (χ4v) is 1.54. The van der Waals surface area contributed by atoms with Crippen LogP contribution in [0.2, 0.25) is 0 Å². The molecule has 0 aromatic heterocycles. The van der Waals surface area contributed by atoms with Gasteiger partial charge in [-0.25, -0.2) is 4.99 Å². The van der Waals surface area contributed by atoms with E-state index in [9.17, 15) is 4.79 Å². The minimum absolute atomic E-state index is 0. The highest BCUT2D eigenvalue weighted by atomic mass is 35.5. The Morgan fingerprint density at radius 2 is 2.00 bits per heavy atom. The molecule has 1 aliphatic rings. The van der Waals surface area contributed by atoms with Gasteiger partial charge in [0, 0.05) is 5.56 Å². The molecule has 1 aromatic carbocycles. The van der Waals surface area contributed by atoms with Crippen LogP contribution >= 0.6 is 11.6 Å². The number of carbonyl (C=O) groups excluding carboxylic acids is 1. The van der Waals surface area contributed by atoms with Crippen molar-refractivity contribution in [3.05, 3.63) is 35.9 Å². The largest absolute Gasteiger partial charge is 1.00 e. The van der Waals surface area contributed by atoms with Crippen LogP contribution in [0.4, 0.5) is 0 Å². The third kappa shape index (κ3) is 2.70. The van der Waals surface area contributed by atoms with Crippen molar-refractivity contribution in [1.29, 1.82) is 0 Å². The van der Waals surface area contributed by atoms with E-state index >= 15 is 0 Å². The molecule has 2 N–H and O–H groups in total. The van der Waals surface area contributed by atoms with Crippen LogP contribution in [-0.2, 0) is 4.79 Å². The van der Waals surface area contributed by atoms with E-state index in [2.05, 4.69) is 10.3 Å². The molecular formula is C10H10Cl2N2O. The van der Waals surface area contributed by atoms with E-state index in [0.29, 0.717) is 0 Å². The van der Waals surface area contributed by atoms with Gasteiger partial charge in [-0.15, -0.1) is 0 Å². The van der Waals surface area contributed by atoms with Crippen LogP contribution in [0.3, 0.4) is 0 Å². The Morgan fingerprint density at radius 3 is 2.53 bits per heavy atom. The summed E-state index contributed by atoms with van der Waals surface area (Å²) in [5, 5.41) is 2.54. The average Bonchev–Trinajstić information content (AvgIpc) is 2.19. The number of nitrogens with one attached hydrogen (secondary N) is 2. The summed E-state index contributed by atoms with van der Waals surface area (Å²) in [7, 11) is 0. The summed E-state index contributed by atoms with van der Waals surface area (Å²) in [6, 6.07) is 9.41. The minimum atomic E-state index is -0.308. The number of rotatable bonds is 2. The average molecular weight is 245 g/mol. The van der Waals surface area contributed by atoms with Crippen LogP contribution in [0.1, 0.15) is 5.56 Å². The van der Waals surface area contributed by atoms with Gasteiger partial charge in [0.2, 0.25) is 0 Å². The highest BCUT2D eigenvalue weighted by molar-refractivity contribution is 6.25. The van der Waals surface area contributed by atoms with Crippen LogP contribution < -0.4 is 22.7 Å². The Bertz CT molecular complexity index is 367. The molecule has 0 saturated carbocycles. The van der Waals surface area contributed by atoms with E-state index < -0.39 is 0 Å². The van der Waals surface area contributed by atoms with Gasteiger partial charge in [-0.1, -0.05) is 29.8 Å². The van der Waals surface area contributed by atoms with Crippen LogP contribution in [0, 0.1) is 0 Å². The first kappa shape index (κ1) is 12.0. The molecule has 0 unspecified atom stereocenters. The standard InChI is InChI=1S/C10H9ClN2O.ClH/c11-9-8(10(14)13-9)12-6-7-4-2-1-3-5-7;/h1-6,8-9H,(H,13,14);1H/t8-,9+;/m0./s1. The molecule has 3 nitrogen and oxygen atoms in total. The van der Waals surface area contributed by atoms with Gasteiger partial charge < -0.3 is 17.7 Å². The molecule has 2 atom stereocenters. The highest BCUT2D eigenvalue weighted by Crippen LogP contribution is 2.04. The molecule has 2 rings (SSSR count). The zero-order chi connectivity index (χ0) is 9.97. The number of amides is 1. The normalized spacial score (nSPS) is 24.2. The van der Waals surface area contributed by atoms with E-state index in [0.717, 1.165) is 5.56 Å². The Labute approximate surface area is 98.9 Å². The number of halogens is 2. The number of β-lactam (4-membered cyclic amide) rings is 1.